The van der Waals surface area contributed by atoms with E-state index in [1.54, 1.807) is 0 Å². The number of fused-ring (bicyclic) bond motifs is 2. The Bertz CT molecular complexity index is 620. The van der Waals surface area contributed by atoms with Gasteiger partial charge in [0.15, 0.2) is 5.79 Å². The van der Waals surface area contributed by atoms with Crippen LogP contribution in [0.1, 0.15) is 41.6 Å². The van der Waals surface area contributed by atoms with Gasteiger partial charge in [0.05, 0.1) is 18.8 Å². The molecule has 1 aromatic heterocycles. The molecule has 2 spiro atoms. The van der Waals surface area contributed by atoms with Crippen LogP contribution in [-0.2, 0) is 19.8 Å². The molecule has 0 atom stereocenters. The van der Waals surface area contributed by atoms with Gasteiger partial charge in [0.1, 0.15) is 10.6 Å². The van der Waals surface area contributed by atoms with Crippen LogP contribution in [0, 0.1) is 5.95 Å². The van der Waals surface area contributed by atoms with E-state index in [4.69, 9.17) is 25.8 Å². The lowest BCUT2D eigenvalue weighted by Gasteiger charge is -2.40. The summed E-state index contributed by atoms with van der Waals surface area (Å²) in [6.07, 6.45) is 3.70. The summed E-state index contributed by atoms with van der Waals surface area (Å²) in [5.74, 6) is -1.99. The predicted molar refractivity (Wildman–Crippen MR) is 69.4 cm³/mol. The monoisotopic (exact) mass is 313 g/mol. The van der Waals surface area contributed by atoms with E-state index in [1.807, 2.05) is 0 Å². The molecule has 2 fully saturated rings. The van der Waals surface area contributed by atoms with E-state index in [0.29, 0.717) is 44.5 Å². The molecule has 1 aromatic rings. The smallest absolute Gasteiger partial charge is 0.341 e. The lowest BCUT2D eigenvalue weighted by atomic mass is 9.77. The van der Waals surface area contributed by atoms with Gasteiger partial charge in [-0.3, -0.25) is 0 Å². The zero-order valence-electron chi connectivity index (χ0n) is 11.2. The molecule has 21 heavy (non-hydrogen) atoms. The number of halogens is 2. The Morgan fingerprint density at radius 3 is 2.52 bits per heavy atom. The predicted octanol–water partition coefficient (Wildman–Crippen LogP) is 2.56. The molecule has 5 nitrogen and oxygen atoms in total. The van der Waals surface area contributed by atoms with E-state index >= 15 is 0 Å². The summed E-state index contributed by atoms with van der Waals surface area (Å²) in [7, 11) is 0. The van der Waals surface area contributed by atoms with Crippen molar-refractivity contribution >= 4 is 17.6 Å². The number of hydrogen-bond acceptors (Lipinski definition) is 5. The number of rotatable bonds is 0. The SMILES string of the molecule is O=C1OC2(CCC3(CC2)OCCO3)c2cnc(F)c(Cl)c21. The fourth-order valence-corrected chi connectivity index (χ4v) is 3.71. The van der Waals surface area contributed by atoms with E-state index in [0.717, 1.165) is 0 Å². The Morgan fingerprint density at radius 2 is 1.86 bits per heavy atom. The van der Waals surface area contributed by atoms with Gasteiger partial charge in [-0.05, 0) is 12.8 Å². The highest BCUT2D eigenvalue weighted by Crippen LogP contribution is 2.52. The molecule has 0 unspecified atom stereocenters. The maximum absolute atomic E-state index is 13.5. The fourth-order valence-electron chi connectivity index (χ4n) is 3.48. The molecule has 0 radical (unpaired) electrons. The van der Waals surface area contributed by atoms with Gasteiger partial charge in [-0.2, -0.15) is 4.39 Å². The average Bonchev–Trinajstić information content (AvgIpc) is 3.03. The molecule has 0 bridgehead atoms. The van der Waals surface area contributed by atoms with E-state index in [-0.39, 0.29) is 10.6 Å². The minimum absolute atomic E-state index is 0.105. The molecular weight excluding hydrogens is 301 g/mol. The van der Waals surface area contributed by atoms with Crippen molar-refractivity contribution in [3.8, 4) is 0 Å². The Balaban J connectivity index is 1.70. The quantitative estimate of drug-likeness (QED) is 0.544. The molecule has 1 aliphatic carbocycles. The number of aromatic nitrogens is 1. The molecule has 1 saturated carbocycles. The molecule has 4 rings (SSSR count). The standard InChI is InChI=1S/C14H13ClFNO4/c15-10-9-8(7-17-11(10)16)13(21-12(9)18)1-3-14(4-2-13)19-5-6-20-14/h7H,1-6H2. The largest absolute Gasteiger partial charge is 0.450 e. The molecule has 7 heteroatoms. The van der Waals surface area contributed by atoms with E-state index < -0.39 is 23.3 Å². The summed E-state index contributed by atoms with van der Waals surface area (Å²) in [6, 6.07) is 0. The molecule has 0 aromatic carbocycles. The number of carbonyl (C=O) groups excluding carboxylic acids is 1. The van der Waals surface area contributed by atoms with Crippen molar-refractivity contribution in [2.75, 3.05) is 13.2 Å². The first-order chi connectivity index (χ1) is 10.1. The lowest BCUT2D eigenvalue weighted by molar-refractivity contribution is -0.202. The number of ether oxygens (including phenoxy) is 3. The van der Waals surface area contributed by atoms with Crippen LogP contribution in [0.2, 0.25) is 5.02 Å². The van der Waals surface area contributed by atoms with Crippen LogP contribution in [-0.4, -0.2) is 30.0 Å². The van der Waals surface area contributed by atoms with Gasteiger partial charge in [0.25, 0.3) is 0 Å². The van der Waals surface area contributed by atoms with Gasteiger partial charge in [-0.1, -0.05) is 11.6 Å². The van der Waals surface area contributed by atoms with Crippen molar-refractivity contribution in [2.45, 2.75) is 37.1 Å². The first-order valence-corrected chi connectivity index (χ1v) is 7.29. The fraction of sp³-hybridized carbons (Fsp3) is 0.571. The Labute approximate surface area is 125 Å². The van der Waals surface area contributed by atoms with Crippen molar-refractivity contribution in [1.29, 1.82) is 0 Å². The zero-order chi connectivity index (χ0) is 14.7. The Morgan fingerprint density at radius 1 is 1.19 bits per heavy atom. The highest BCUT2D eigenvalue weighted by molar-refractivity contribution is 6.34. The maximum atomic E-state index is 13.5. The minimum Gasteiger partial charge on any atom is -0.450 e. The summed E-state index contributed by atoms with van der Waals surface area (Å²) in [5.41, 5.74) is -0.0998. The van der Waals surface area contributed by atoms with Gasteiger partial charge in [-0.15, -0.1) is 0 Å². The van der Waals surface area contributed by atoms with Crippen LogP contribution in [0.3, 0.4) is 0 Å². The maximum Gasteiger partial charge on any atom is 0.341 e. The summed E-state index contributed by atoms with van der Waals surface area (Å²) in [6.45, 7) is 1.17. The third-order valence-electron chi connectivity index (χ3n) is 4.59. The summed E-state index contributed by atoms with van der Waals surface area (Å²) in [5, 5.41) is -0.261. The van der Waals surface area contributed by atoms with E-state index in [2.05, 4.69) is 4.98 Å². The van der Waals surface area contributed by atoms with Gasteiger partial charge in [0, 0.05) is 24.6 Å². The normalized spacial score (nSPS) is 25.3. The molecule has 1 saturated heterocycles. The second-order valence-electron chi connectivity index (χ2n) is 5.64. The summed E-state index contributed by atoms with van der Waals surface area (Å²) < 4.78 is 30.4. The number of nitrogens with zero attached hydrogens (tertiary/aromatic N) is 1. The lowest BCUT2D eigenvalue weighted by Crippen LogP contribution is -2.42. The van der Waals surface area contributed by atoms with Crippen molar-refractivity contribution < 1.29 is 23.4 Å². The molecule has 3 aliphatic rings. The third kappa shape index (κ3) is 1.82. The minimum atomic E-state index is -0.848. The highest BCUT2D eigenvalue weighted by Gasteiger charge is 2.54. The first kappa shape index (κ1) is 13.4. The van der Waals surface area contributed by atoms with Gasteiger partial charge in [0.2, 0.25) is 5.95 Å². The van der Waals surface area contributed by atoms with Gasteiger partial charge >= 0.3 is 5.97 Å². The number of esters is 1. The molecular formula is C14H13ClFNO4. The van der Waals surface area contributed by atoms with E-state index in [9.17, 15) is 9.18 Å². The van der Waals surface area contributed by atoms with Crippen LogP contribution in [0.15, 0.2) is 6.20 Å². The molecule has 0 N–H and O–H groups in total. The zero-order valence-corrected chi connectivity index (χ0v) is 11.9. The Kier molecular flexibility index (Phi) is 2.80. The molecule has 0 amide bonds. The van der Waals surface area contributed by atoms with Crippen molar-refractivity contribution in [1.82, 2.24) is 4.98 Å². The first-order valence-electron chi connectivity index (χ1n) is 6.91. The van der Waals surface area contributed by atoms with Crippen LogP contribution in [0.5, 0.6) is 0 Å². The number of pyridine rings is 1. The number of hydrogen-bond donors (Lipinski definition) is 0. The molecule has 2 aliphatic heterocycles. The average molecular weight is 314 g/mol. The van der Waals surface area contributed by atoms with Gasteiger partial charge in [-0.25, -0.2) is 9.78 Å². The summed E-state index contributed by atoms with van der Waals surface area (Å²) >= 11 is 5.87. The third-order valence-corrected chi connectivity index (χ3v) is 4.94. The second-order valence-corrected chi connectivity index (χ2v) is 6.02. The number of carbonyl (C=O) groups is 1. The molecule has 3 heterocycles. The van der Waals surface area contributed by atoms with Gasteiger partial charge < -0.3 is 14.2 Å². The topological polar surface area (TPSA) is 57.7 Å². The molecule has 112 valence electrons. The van der Waals surface area contributed by atoms with Crippen LogP contribution >= 0.6 is 11.6 Å². The van der Waals surface area contributed by atoms with Crippen LogP contribution in [0.4, 0.5) is 4.39 Å². The second kappa shape index (κ2) is 4.38. The van der Waals surface area contributed by atoms with Crippen LogP contribution < -0.4 is 0 Å². The van der Waals surface area contributed by atoms with E-state index in [1.165, 1.54) is 6.20 Å². The summed E-state index contributed by atoms with van der Waals surface area (Å²) in [4.78, 5) is 15.7. The Hall–Kier alpha value is -1.24. The van der Waals surface area contributed by atoms with Crippen molar-refractivity contribution in [3.63, 3.8) is 0 Å². The van der Waals surface area contributed by atoms with Crippen LogP contribution in [0.25, 0.3) is 0 Å². The van der Waals surface area contributed by atoms with Crippen molar-refractivity contribution in [3.05, 3.63) is 28.3 Å². The highest BCUT2D eigenvalue weighted by atomic mass is 35.5. The van der Waals surface area contributed by atoms with Crippen molar-refractivity contribution in [2.24, 2.45) is 0 Å².